The minimum Gasteiger partial charge on any atom is -0.353 e. The highest BCUT2D eigenvalue weighted by atomic mass is 35.5. The molecule has 2 aliphatic rings. The number of piperidine rings is 1. The van der Waals surface area contributed by atoms with Crippen LogP contribution in [0.15, 0.2) is 36.5 Å². The summed E-state index contributed by atoms with van der Waals surface area (Å²) in [5, 5.41) is 12.2. The Kier molecular flexibility index (Phi) is 6.19. The summed E-state index contributed by atoms with van der Waals surface area (Å²) in [5.74, 6) is 0.891. The number of carbonyl (C=O) groups excluding carboxylic acids is 1. The van der Waals surface area contributed by atoms with Crippen molar-refractivity contribution < 1.29 is 4.79 Å². The molecule has 1 aromatic heterocycles. The molecule has 0 spiro atoms. The number of aromatic nitrogens is 2. The Morgan fingerprint density at radius 3 is 2.76 bits per heavy atom. The molecule has 1 aliphatic heterocycles. The van der Waals surface area contributed by atoms with E-state index in [4.69, 9.17) is 11.6 Å². The predicted molar refractivity (Wildman–Crippen MR) is 115 cm³/mol. The van der Waals surface area contributed by atoms with Gasteiger partial charge in [0.05, 0.1) is 6.04 Å². The summed E-state index contributed by atoms with van der Waals surface area (Å²) >= 11 is 6.12. The molecule has 0 unspecified atom stereocenters. The van der Waals surface area contributed by atoms with Crippen molar-refractivity contribution in [3.05, 3.63) is 52.7 Å². The minimum atomic E-state index is 0.0355. The lowest BCUT2D eigenvalue weighted by molar-refractivity contribution is 0.0963. The number of rotatable bonds is 5. The van der Waals surface area contributed by atoms with E-state index < -0.39 is 0 Å². The molecule has 1 aromatic carbocycles. The number of anilines is 1. The van der Waals surface area contributed by atoms with E-state index in [0.29, 0.717) is 12.6 Å². The van der Waals surface area contributed by atoms with E-state index in [0.717, 1.165) is 60.7 Å². The highest BCUT2D eigenvalue weighted by Gasteiger charge is 2.36. The molecule has 4 rings (SSSR count). The first-order chi connectivity index (χ1) is 14.1. The van der Waals surface area contributed by atoms with Gasteiger partial charge >= 0.3 is 6.03 Å². The quantitative estimate of drug-likeness (QED) is 0.799. The molecule has 1 atom stereocenters. The maximum atomic E-state index is 13.2. The zero-order valence-corrected chi connectivity index (χ0v) is 17.6. The van der Waals surface area contributed by atoms with Gasteiger partial charge in [0.25, 0.3) is 0 Å². The van der Waals surface area contributed by atoms with Crippen molar-refractivity contribution in [2.75, 3.05) is 18.0 Å². The summed E-state index contributed by atoms with van der Waals surface area (Å²) in [7, 11) is 0. The molecular formula is C22H28ClN5O. The standard InChI is InChI=1S/C22H28ClN5O/c1-16-13-17(9-10-20(16)23)14-24-22(29)28(18-5-2-6-18)19-7-4-12-27(15-19)21-8-3-11-25-26-21/h3,8-11,13,18-19H,2,4-7,12,14-15H2,1H3,(H,24,29)/t19-/m1/s1. The van der Waals surface area contributed by atoms with E-state index in [1.54, 1.807) is 6.20 Å². The average Bonchev–Trinajstić information content (AvgIpc) is 2.72. The fourth-order valence-corrected chi connectivity index (χ4v) is 4.35. The SMILES string of the molecule is Cc1cc(CNC(=O)N(C2CCC2)[C@@H]2CCCN(c3cccnn3)C2)ccc1Cl. The topological polar surface area (TPSA) is 61.4 Å². The number of nitrogens with one attached hydrogen (secondary N) is 1. The van der Waals surface area contributed by atoms with Crippen LogP contribution < -0.4 is 10.2 Å². The summed E-state index contributed by atoms with van der Waals surface area (Å²) in [6.07, 6.45) is 7.15. The first-order valence-electron chi connectivity index (χ1n) is 10.5. The molecule has 2 aromatic rings. The molecular weight excluding hydrogens is 386 g/mol. The summed E-state index contributed by atoms with van der Waals surface area (Å²) in [5.41, 5.74) is 2.10. The van der Waals surface area contributed by atoms with Crippen LogP contribution in [0, 0.1) is 6.92 Å². The second-order valence-corrected chi connectivity index (χ2v) is 8.47. The number of urea groups is 1. The largest absolute Gasteiger partial charge is 0.353 e. The molecule has 1 aliphatic carbocycles. The van der Waals surface area contributed by atoms with Crippen LogP contribution in [0.3, 0.4) is 0 Å². The lowest BCUT2D eigenvalue weighted by Gasteiger charge is -2.46. The van der Waals surface area contributed by atoms with E-state index >= 15 is 0 Å². The van der Waals surface area contributed by atoms with Crippen LogP contribution in [-0.4, -0.2) is 46.3 Å². The van der Waals surface area contributed by atoms with Gasteiger partial charge in [-0.3, -0.25) is 0 Å². The van der Waals surface area contributed by atoms with Crippen LogP contribution in [0.5, 0.6) is 0 Å². The summed E-state index contributed by atoms with van der Waals surface area (Å²) < 4.78 is 0. The normalized spacial score (nSPS) is 19.5. The van der Waals surface area contributed by atoms with Gasteiger partial charge in [-0.05, 0) is 68.4 Å². The Balaban J connectivity index is 1.44. The summed E-state index contributed by atoms with van der Waals surface area (Å²) in [6, 6.07) is 10.4. The van der Waals surface area contributed by atoms with Crippen LogP contribution in [0.25, 0.3) is 0 Å². The Bertz CT molecular complexity index is 842. The zero-order valence-electron chi connectivity index (χ0n) is 16.9. The first kappa shape index (κ1) is 20.0. The van der Waals surface area contributed by atoms with Crippen LogP contribution in [-0.2, 0) is 6.54 Å². The van der Waals surface area contributed by atoms with Gasteiger partial charge in [0.1, 0.15) is 0 Å². The van der Waals surface area contributed by atoms with Gasteiger partial charge in [-0.25, -0.2) is 4.79 Å². The lowest BCUT2D eigenvalue weighted by atomic mass is 9.89. The number of hydrogen-bond donors (Lipinski definition) is 1. The number of nitrogens with zero attached hydrogens (tertiary/aromatic N) is 4. The van der Waals surface area contributed by atoms with Gasteiger partial charge in [0.2, 0.25) is 0 Å². The number of halogens is 1. The molecule has 2 heterocycles. The molecule has 1 saturated carbocycles. The maximum absolute atomic E-state index is 13.2. The Hall–Kier alpha value is -2.34. The van der Waals surface area contributed by atoms with Gasteiger partial charge in [-0.15, -0.1) is 5.10 Å². The highest BCUT2D eigenvalue weighted by molar-refractivity contribution is 6.31. The van der Waals surface area contributed by atoms with E-state index in [9.17, 15) is 4.79 Å². The van der Waals surface area contributed by atoms with Gasteiger partial charge in [-0.2, -0.15) is 5.10 Å². The van der Waals surface area contributed by atoms with Crippen LogP contribution in [0.2, 0.25) is 5.02 Å². The van der Waals surface area contributed by atoms with E-state index in [1.807, 2.05) is 37.3 Å². The van der Waals surface area contributed by atoms with Crippen molar-refractivity contribution in [3.63, 3.8) is 0 Å². The van der Waals surface area contributed by atoms with E-state index in [2.05, 4.69) is 25.3 Å². The first-order valence-corrected chi connectivity index (χ1v) is 10.8. The van der Waals surface area contributed by atoms with E-state index in [1.165, 1.54) is 6.42 Å². The number of carbonyl (C=O) groups is 1. The second-order valence-electron chi connectivity index (χ2n) is 8.06. The van der Waals surface area contributed by atoms with Gasteiger partial charge in [0, 0.05) is 36.9 Å². The number of amides is 2. The van der Waals surface area contributed by atoms with E-state index in [-0.39, 0.29) is 12.1 Å². The third-order valence-electron chi connectivity index (χ3n) is 6.04. The zero-order chi connectivity index (χ0) is 20.2. The number of aryl methyl sites for hydroxylation is 1. The molecule has 29 heavy (non-hydrogen) atoms. The minimum absolute atomic E-state index is 0.0355. The molecule has 0 radical (unpaired) electrons. The van der Waals surface area contributed by atoms with Gasteiger partial charge in [-0.1, -0.05) is 23.7 Å². The number of benzene rings is 1. The van der Waals surface area contributed by atoms with Crippen molar-refractivity contribution in [2.45, 2.75) is 57.7 Å². The van der Waals surface area contributed by atoms with Crippen LogP contribution in [0.4, 0.5) is 10.6 Å². The highest BCUT2D eigenvalue weighted by Crippen LogP contribution is 2.30. The Morgan fingerprint density at radius 2 is 2.07 bits per heavy atom. The smallest absolute Gasteiger partial charge is 0.318 e. The predicted octanol–water partition coefficient (Wildman–Crippen LogP) is 4.17. The fraction of sp³-hybridized carbons (Fsp3) is 0.500. The van der Waals surface area contributed by atoms with Crippen molar-refractivity contribution in [3.8, 4) is 0 Å². The molecule has 7 heteroatoms. The maximum Gasteiger partial charge on any atom is 0.318 e. The molecule has 2 fully saturated rings. The molecule has 0 bridgehead atoms. The van der Waals surface area contributed by atoms with Gasteiger partial charge < -0.3 is 15.1 Å². The van der Waals surface area contributed by atoms with Crippen molar-refractivity contribution in [1.29, 1.82) is 0 Å². The Labute approximate surface area is 177 Å². The summed E-state index contributed by atoms with van der Waals surface area (Å²) in [6.45, 7) is 4.26. The third kappa shape index (κ3) is 4.64. The summed E-state index contributed by atoms with van der Waals surface area (Å²) in [4.78, 5) is 17.5. The molecule has 1 saturated heterocycles. The van der Waals surface area contributed by atoms with Crippen molar-refractivity contribution in [2.24, 2.45) is 0 Å². The molecule has 154 valence electrons. The van der Waals surface area contributed by atoms with Crippen molar-refractivity contribution >= 4 is 23.4 Å². The van der Waals surface area contributed by atoms with Gasteiger partial charge in [0.15, 0.2) is 5.82 Å². The third-order valence-corrected chi connectivity index (χ3v) is 6.46. The molecule has 6 nitrogen and oxygen atoms in total. The Morgan fingerprint density at radius 1 is 1.24 bits per heavy atom. The van der Waals surface area contributed by atoms with Crippen molar-refractivity contribution in [1.82, 2.24) is 20.4 Å². The van der Waals surface area contributed by atoms with Crippen LogP contribution >= 0.6 is 11.6 Å². The lowest BCUT2D eigenvalue weighted by Crippen LogP contribution is -2.58. The second kappa shape index (κ2) is 8.99. The molecule has 1 N–H and O–H groups in total. The monoisotopic (exact) mass is 413 g/mol. The van der Waals surface area contributed by atoms with Crippen LogP contribution in [0.1, 0.15) is 43.2 Å². The fourth-order valence-electron chi connectivity index (χ4n) is 4.23. The molecule has 2 amide bonds. The number of hydrogen-bond acceptors (Lipinski definition) is 4. The average molecular weight is 414 g/mol.